The van der Waals surface area contributed by atoms with Crippen LogP contribution in [-0.4, -0.2) is 28.1 Å². The largest absolute Gasteiger partial charge is 0.433 e. The van der Waals surface area contributed by atoms with E-state index in [0.29, 0.717) is 6.42 Å². The van der Waals surface area contributed by atoms with Gasteiger partial charge in [0.25, 0.3) is 5.91 Å². The van der Waals surface area contributed by atoms with Crippen LogP contribution in [0.5, 0.6) is 0 Å². The number of furan rings is 1. The lowest BCUT2D eigenvalue weighted by molar-refractivity contribution is -0.402. The van der Waals surface area contributed by atoms with Crippen LogP contribution in [0, 0.1) is 10.1 Å². The van der Waals surface area contributed by atoms with Crippen molar-refractivity contribution in [2.45, 2.75) is 25.8 Å². The first-order valence-corrected chi connectivity index (χ1v) is 5.09. The van der Waals surface area contributed by atoms with Gasteiger partial charge in [-0.1, -0.05) is 6.92 Å². The lowest BCUT2D eigenvalue weighted by atomic mass is 10.0. The highest BCUT2D eigenvalue weighted by Crippen LogP contribution is 2.17. The summed E-state index contributed by atoms with van der Waals surface area (Å²) < 4.78 is 4.75. The van der Waals surface area contributed by atoms with E-state index in [4.69, 9.17) is 9.52 Å². The second kappa shape index (κ2) is 4.96. The smallest absolute Gasteiger partial charge is 0.395 e. The number of aliphatic hydroxyl groups excluding tert-OH is 1. The lowest BCUT2D eigenvalue weighted by Crippen LogP contribution is -2.48. The van der Waals surface area contributed by atoms with Crippen LogP contribution in [0.1, 0.15) is 30.8 Å². The van der Waals surface area contributed by atoms with Crippen LogP contribution in [0.2, 0.25) is 0 Å². The molecule has 1 aromatic heterocycles. The molecule has 17 heavy (non-hydrogen) atoms. The second-order valence-corrected chi connectivity index (χ2v) is 3.92. The fraction of sp³-hybridized carbons (Fsp3) is 0.500. The van der Waals surface area contributed by atoms with Crippen LogP contribution in [0.15, 0.2) is 16.5 Å². The average Bonchev–Trinajstić information content (AvgIpc) is 2.78. The van der Waals surface area contributed by atoms with Gasteiger partial charge in [-0.05, 0) is 19.4 Å². The van der Waals surface area contributed by atoms with Gasteiger partial charge in [0, 0.05) is 0 Å². The quantitative estimate of drug-likeness (QED) is 0.593. The van der Waals surface area contributed by atoms with Crippen molar-refractivity contribution in [1.29, 1.82) is 0 Å². The maximum absolute atomic E-state index is 11.7. The molecule has 0 aliphatic heterocycles. The van der Waals surface area contributed by atoms with E-state index < -0.39 is 22.3 Å². The van der Waals surface area contributed by atoms with Crippen LogP contribution in [0.3, 0.4) is 0 Å². The summed E-state index contributed by atoms with van der Waals surface area (Å²) in [4.78, 5) is 21.3. The molecule has 1 unspecified atom stereocenters. The fourth-order valence-electron chi connectivity index (χ4n) is 1.12. The van der Waals surface area contributed by atoms with E-state index in [0.717, 1.165) is 6.07 Å². The van der Waals surface area contributed by atoms with Crippen molar-refractivity contribution >= 4 is 11.8 Å². The predicted octanol–water partition coefficient (Wildman–Crippen LogP) is 1.08. The zero-order chi connectivity index (χ0) is 13.1. The van der Waals surface area contributed by atoms with Crippen molar-refractivity contribution in [1.82, 2.24) is 5.32 Å². The van der Waals surface area contributed by atoms with Gasteiger partial charge in [0.15, 0.2) is 5.76 Å². The zero-order valence-electron chi connectivity index (χ0n) is 9.60. The van der Waals surface area contributed by atoms with E-state index in [-0.39, 0.29) is 12.4 Å². The first kappa shape index (κ1) is 13.2. The van der Waals surface area contributed by atoms with E-state index in [1.54, 1.807) is 13.8 Å². The summed E-state index contributed by atoms with van der Waals surface area (Å²) in [7, 11) is 0. The summed E-state index contributed by atoms with van der Waals surface area (Å²) in [5, 5.41) is 22.1. The number of hydrogen-bond acceptors (Lipinski definition) is 5. The minimum absolute atomic E-state index is 0.148. The number of hydrogen-bond donors (Lipinski definition) is 2. The van der Waals surface area contributed by atoms with Crippen molar-refractivity contribution in [3.63, 3.8) is 0 Å². The number of carbonyl (C=O) groups is 1. The summed E-state index contributed by atoms with van der Waals surface area (Å²) in [6, 6.07) is 2.33. The molecule has 7 nitrogen and oxygen atoms in total. The van der Waals surface area contributed by atoms with Crippen molar-refractivity contribution in [2.75, 3.05) is 6.61 Å². The van der Waals surface area contributed by atoms with E-state index in [1.807, 2.05) is 0 Å². The van der Waals surface area contributed by atoms with Crippen LogP contribution >= 0.6 is 0 Å². The van der Waals surface area contributed by atoms with Gasteiger partial charge in [-0.3, -0.25) is 14.9 Å². The standard InChI is InChI=1S/C10H14N2O5/c1-3-10(2,6-13)11-9(14)7-4-5-8(17-7)12(15)16/h4-5,13H,3,6H2,1-2H3,(H,11,14). The Labute approximate surface area is 97.6 Å². The Morgan fingerprint density at radius 2 is 2.29 bits per heavy atom. The normalized spacial score (nSPS) is 14.1. The van der Waals surface area contributed by atoms with Gasteiger partial charge in [0.1, 0.15) is 4.92 Å². The minimum atomic E-state index is -0.765. The topological polar surface area (TPSA) is 106 Å². The summed E-state index contributed by atoms with van der Waals surface area (Å²) in [5.74, 6) is -1.22. The minimum Gasteiger partial charge on any atom is -0.395 e. The third-order valence-electron chi connectivity index (χ3n) is 2.54. The van der Waals surface area contributed by atoms with Gasteiger partial charge >= 0.3 is 5.88 Å². The first-order chi connectivity index (χ1) is 7.91. The molecule has 94 valence electrons. The van der Waals surface area contributed by atoms with Crippen LogP contribution in [-0.2, 0) is 0 Å². The van der Waals surface area contributed by atoms with Crippen molar-refractivity contribution < 1.29 is 19.2 Å². The molecule has 7 heteroatoms. The molecular weight excluding hydrogens is 228 g/mol. The number of nitrogens with one attached hydrogen (secondary N) is 1. The molecule has 0 saturated heterocycles. The van der Waals surface area contributed by atoms with E-state index >= 15 is 0 Å². The average molecular weight is 242 g/mol. The molecule has 1 aromatic rings. The third kappa shape index (κ3) is 3.04. The summed E-state index contributed by atoms with van der Waals surface area (Å²) in [6.07, 6.45) is 0.526. The molecule has 0 spiro atoms. The number of aliphatic hydroxyl groups is 1. The molecule has 0 radical (unpaired) electrons. The molecule has 1 heterocycles. The Hall–Kier alpha value is -1.89. The number of carbonyl (C=O) groups excluding carboxylic acids is 1. The van der Waals surface area contributed by atoms with Crippen LogP contribution < -0.4 is 5.32 Å². The monoisotopic (exact) mass is 242 g/mol. The van der Waals surface area contributed by atoms with Gasteiger partial charge in [0.05, 0.1) is 18.2 Å². The first-order valence-electron chi connectivity index (χ1n) is 5.09. The Balaban J connectivity index is 2.79. The summed E-state index contributed by atoms with van der Waals surface area (Å²) in [5.41, 5.74) is -0.765. The van der Waals surface area contributed by atoms with Gasteiger partial charge in [-0.15, -0.1) is 0 Å². The fourth-order valence-corrected chi connectivity index (χ4v) is 1.12. The van der Waals surface area contributed by atoms with E-state index in [1.165, 1.54) is 6.07 Å². The molecule has 2 N–H and O–H groups in total. The maximum Gasteiger partial charge on any atom is 0.433 e. The highest BCUT2D eigenvalue weighted by molar-refractivity contribution is 5.92. The number of amides is 1. The van der Waals surface area contributed by atoms with Gasteiger partial charge in [-0.25, -0.2) is 0 Å². The number of nitro groups is 1. The summed E-state index contributed by atoms with van der Waals surface area (Å²) >= 11 is 0. The van der Waals surface area contributed by atoms with Gasteiger partial charge in [0.2, 0.25) is 0 Å². The Bertz CT molecular complexity index is 422. The molecular formula is C10H14N2O5. The third-order valence-corrected chi connectivity index (χ3v) is 2.54. The van der Waals surface area contributed by atoms with Crippen molar-refractivity contribution in [3.8, 4) is 0 Å². The Kier molecular flexibility index (Phi) is 3.84. The molecule has 1 atom stereocenters. The molecule has 0 aliphatic rings. The number of rotatable bonds is 5. The van der Waals surface area contributed by atoms with Crippen LogP contribution in [0.4, 0.5) is 5.88 Å². The number of nitrogens with zero attached hydrogens (tertiary/aromatic N) is 1. The lowest BCUT2D eigenvalue weighted by Gasteiger charge is -2.26. The maximum atomic E-state index is 11.7. The zero-order valence-corrected chi connectivity index (χ0v) is 9.60. The predicted molar refractivity (Wildman–Crippen MR) is 58.6 cm³/mol. The molecule has 0 fully saturated rings. The molecule has 0 bridgehead atoms. The van der Waals surface area contributed by atoms with Gasteiger partial charge in [-0.2, -0.15) is 0 Å². The molecule has 1 rings (SSSR count). The molecule has 1 amide bonds. The van der Waals surface area contributed by atoms with Crippen molar-refractivity contribution in [3.05, 3.63) is 28.0 Å². The Morgan fingerprint density at radius 1 is 1.65 bits per heavy atom. The summed E-state index contributed by atoms with van der Waals surface area (Å²) in [6.45, 7) is 3.25. The Morgan fingerprint density at radius 3 is 2.71 bits per heavy atom. The highest BCUT2D eigenvalue weighted by atomic mass is 16.6. The highest BCUT2D eigenvalue weighted by Gasteiger charge is 2.26. The SMILES string of the molecule is CCC(C)(CO)NC(=O)c1ccc([N+](=O)[O-])o1. The molecule has 0 aromatic carbocycles. The van der Waals surface area contributed by atoms with Gasteiger partial charge < -0.3 is 14.8 Å². The van der Waals surface area contributed by atoms with E-state index in [2.05, 4.69) is 5.32 Å². The van der Waals surface area contributed by atoms with Crippen molar-refractivity contribution in [2.24, 2.45) is 0 Å². The molecule has 0 aliphatic carbocycles. The second-order valence-electron chi connectivity index (χ2n) is 3.92. The van der Waals surface area contributed by atoms with Crippen LogP contribution in [0.25, 0.3) is 0 Å². The van der Waals surface area contributed by atoms with E-state index in [9.17, 15) is 14.9 Å². The molecule has 0 saturated carbocycles.